The van der Waals surface area contributed by atoms with Gasteiger partial charge in [-0.1, -0.05) is 12.1 Å². The van der Waals surface area contributed by atoms with E-state index >= 15 is 0 Å². The molecule has 0 aliphatic carbocycles. The molecule has 146 valence electrons. The predicted octanol–water partition coefficient (Wildman–Crippen LogP) is 1.40. The molecule has 0 aromatic carbocycles. The maximum atomic E-state index is 12.4. The van der Waals surface area contributed by atoms with Crippen LogP contribution in [0.25, 0.3) is 11.4 Å². The molecule has 0 saturated carbocycles. The molecule has 27 heavy (non-hydrogen) atoms. The minimum absolute atomic E-state index is 0.0504. The van der Waals surface area contributed by atoms with Crippen molar-refractivity contribution >= 4 is 23.2 Å². The van der Waals surface area contributed by atoms with Crippen LogP contribution in [0.3, 0.4) is 0 Å². The number of carbonyl (C=O) groups is 2. The van der Waals surface area contributed by atoms with Gasteiger partial charge in [-0.15, -0.1) is 0 Å². The van der Waals surface area contributed by atoms with Crippen LogP contribution in [0, 0.1) is 0 Å². The Morgan fingerprint density at radius 1 is 1.30 bits per heavy atom. The van der Waals surface area contributed by atoms with E-state index in [1.165, 1.54) is 0 Å². The Labute approximate surface area is 162 Å². The summed E-state index contributed by atoms with van der Waals surface area (Å²) in [6, 6.07) is 1.94. The molecule has 2 amide bonds. The largest absolute Gasteiger partial charge is 0.355 e. The Bertz CT molecular complexity index is 738. The molecule has 0 unspecified atom stereocenters. The first kappa shape index (κ1) is 19.5. The first-order valence-corrected chi connectivity index (χ1v) is 10.2. The monoisotopic (exact) mass is 391 g/mol. The van der Waals surface area contributed by atoms with Gasteiger partial charge in [0.05, 0.1) is 6.54 Å². The summed E-state index contributed by atoms with van der Waals surface area (Å²) in [5.41, 5.74) is 0.931. The van der Waals surface area contributed by atoms with Crippen molar-refractivity contribution in [3.05, 3.63) is 22.7 Å². The second-order valence-corrected chi connectivity index (χ2v) is 7.31. The van der Waals surface area contributed by atoms with Crippen molar-refractivity contribution in [3.8, 4) is 11.4 Å². The van der Waals surface area contributed by atoms with Gasteiger partial charge in [-0.05, 0) is 17.9 Å². The number of hydrogen-bond donors (Lipinski definition) is 1. The number of hydrogen-bond acceptors (Lipinski definition) is 7. The summed E-state index contributed by atoms with van der Waals surface area (Å²) in [5, 5.41) is 10.8. The van der Waals surface area contributed by atoms with E-state index in [1.807, 2.05) is 28.7 Å². The van der Waals surface area contributed by atoms with Crippen molar-refractivity contribution in [1.29, 1.82) is 0 Å². The quantitative estimate of drug-likeness (QED) is 0.731. The molecule has 8 nitrogen and oxygen atoms in total. The Kier molecular flexibility index (Phi) is 6.94. The Hall–Kier alpha value is -2.26. The number of aromatic nitrogens is 2. The number of nitrogens with one attached hydrogen (secondary N) is 1. The number of rotatable bonds is 8. The third-order valence-corrected chi connectivity index (χ3v) is 5.15. The molecule has 1 N–H and O–H groups in total. The number of thiophene rings is 1. The molecule has 0 spiro atoms. The lowest BCUT2D eigenvalue weighted by Crippen LogP contribution is -2.51. The van der Waals surface area contributed by atoms with E-state index in [4.69, 9.17) is 4.52 Å². The molecule has 1 aliphatic rings. The highest BCUT2D eigenvalue weighted by molar-refractivity contribution is 7.08. The molecular weight excluding hydrogens is 366 g/mol. The second-order valence-electron chi connectivity index (χ2n) is 6.53. The zero-order valence-corrected chi connectivity index (χ0v) is 16.3. The van der Waals surface area contributed by atoms with Crippen molar-refractivity contribution in [3.63, 3.8) is 0 Å². The van der Waals surface area contributed by atoms with E-state index < -0.39 is 0 Å². The molecule has 1 fully saturated rings. The van der Waals surface area contributed by atoms with Gasteiger partial charge in [0.2, 0.25) is 23.5 Å². The van der Waals surface area contributed by atoms with E-state index in [1.54, 1.807) is 11.3 Å². The lowest BCUT2D eigenvalue weighted by atomic mass is 10.2. The minimum Gasteiger partial charge on any atom is -0.355 e. The van der Waals surface area contributed by atoms with E-state index in [0.717, 1.165) is 12.0 Å². The molecule has 3 rings (SSSR count). The first-order valence-electron chi connectivity index (χ1n) is 9.27. The lowest BCUT2D eigenvalue weighted by molar-refractivity contribution is -0.133. The van der Waals surface area contributed by atoms with Gasteiger partial charge in [-0.25, -0.2) is 0 Å². The second kappa shape index (κ2) is 9.61. The number of carbonyl (C=O) groups excluding carboxylic acids is 2. The number of nitrogens with zero attached hydrogens (tertiary/aromatic N) is 4. The average Bonchev–Trinajstić information content (AvgIpc) is 3.36. The average molecular weight is 391 g/mol. The van der Waals surface area contributed by atoms with Gasteiger partial charge in [0.25, 0.3) is 0 Å². The molecule has 0 radical (unpaired) electrons. The van der Waals surface area contributed by atoms with Crippen LogP contribution < -0.4 is 5.32 Å². The SMILES string of the molecule is CCCNC(=O)CN1CCN(C(=O)CCc2nc(-c3ccsc3)no2)CC1. The van der Waals surface area contributed by atoms with Gasteiger partial charge >= 0.3 is 0 Å². The summed E-state index contributed by atoms with van der Waals surface area (Å²) in [6.07, 6.45) is 1.72. The van der Waals surface area contributed by atoms with Gasteiger partial charge in [0.15, 0.2) is 0 Å². The minimum atomic E-state index is 0.0504. The smallest absolute Gasteiger partial charge is 0.234 e. The van der Waals surface area contributed by atoms with Crippen molar-refractivity contribution < 1.29 is 14.1 Å². The molecule has 0 bridgehead atoms. The summed E-state index contributed by atoms with van der Waals surface area (Å²) >= 11 is 1.58. The molecule has 2 aromatic heterocycles. The molecule has 2 aromatic rings. The highest BCUT2D eigenvalue weighted by atomic mass is 32.1. The van der Waals surface area contributed by atoms with Crippen LogP contribution in [0.1, 0.15) is 25.7 Å². The van der Waals surface area contributed by atoms with Gasteiger partial charge in [-0.2, -0.15) is 16.3 Å². The number of amides is 2. The Morgan fingerprint density at radius 2 is 2.11 bits per heavy atom. The molecular formula is C18H25N5O3S. The van der Waals surface area contributed by atoms with Crippen LogP contribution >= 0.6 is 11.3 Å². The zero-order chi connectivity index (χ0) is 19.1. The van der Waals surface area contributed by atoms with E-state index in [-0.39, 0.29) is 11.8 Å². The van der Waals surface area contributed by atoms with Crippen LogP contribution in [-0.4, -0.2) is 71.0 Å². The van der Waals surface area contributed by atoms with Gasteiger partial charge in [0.1, 0.15) is 0 Å². The molecule has 0 atom stereocenters. The highest BCUT2D eigenvalue weighted by Gasteiger charge is 2.22. The van der Waals surface area contributed by atoms with Crippen molar-refractivity contribution in [2.24, 2.45) is 0 Å². The van der Waals surface area contributed by atoms with Crippen LogP contribution in [0.15, 0.2) is 21.3 Å². The summed E-state index contributed by atoms with van der Waals surface area (Å²) in [7, 11) is 0. The van der Waals surface area contributed by atoms with Crippen molar-refractivity contribution in [2.45, 2.75) is 26.2 Å². The standard InChI is InChI=1S/C18H25N5O3S/c1-2-6-19-15(24)12-22-7-9-23(10-8-22)17(25)4-3-16-20-18(21-26-16)14-5-11-27-13-14/h5,11,13H,2-4,6-10,12H2,1H3,(H,19,24). The van der Waals surface area contributed by atoms with Gasteiger partial charge < -0.3 is 14.7 Å². The topological polar surface area (TPSA) is 91.6 Å². The van der Waals surface area contributed by atoms with Crippen molar-refractivity contribution in [2.75, 3.05) is 39.3 Å². The Balaban J connectivity index is 1.39. The Morgan fingerprint density at radius 3 is 2.81 bits per heavy atom. The van der Waals surface area contributed by atoms with Crippen LogP contribution in [0.2, 0.25) is 0 Å². The third kappa shape index (κ3) is 5.61. The first-order chi connectivity index (χ1) is 13.2. The van der Waals surface area contributed by atoms with Gasteiger partial charge in [0, 0.05) is 56.5 Å². The van der Waals surface area contributed by atoms with E-state index in [2.05, 4.69) is 20.4 Å². The predicted molar refractivity (Wildman–Crippen MR) is 102 cm³/mol. The summed E-state index contributed by atoms with van der Waals surface area (Å²) < 4.78 is 5.24. The molecule has 1 saturated heterocycles. The fourth-order valence-corrected chi connectivity index (χ4v) is 3.55. The number of piperazine rings is 1. The van der Waals surface area contributed by atoms with Gasteiger partial charge in [-0.3, -0.25) is 14.5 Å². The van der Waals surface area contributed by atoms with Crippen LogP contribution in [0.4, 0.5) is 0 Å². The summed E-state index contributed by atoms with van der Waals surface area (Å²) in [6.45, 7) is 5.86. The third-order valence-electron chi connectivity index (χ3n) is 4.46. The highest BCUT2D eigenvalue weighted by Crippen LogP contribution is 2.19. The molecule has 9 heteroatoms. The normalized spacial score (nSPS) is 15.1. The lowest BCUT2D eigenvalue weighted by Gasteiger charge is -2.34. The maximum Gasteiger partial charge on any atom is 0.234 e. The molecule has 3 heterocycles. The summed E-state index contributed by atoms with van der Waals surface area (Å²) in [4.78, 5) is 32.5. The maximum absolute atomic E-state index is 12.4. The van der Waals surface area contributed by atoms with Crippen LogP contribution in [-0.2, 0) is 16.0 Å². The summed E-state index contributed by atoms with van der Waals surface area (Å²) in [5.74, 6) is 1.18. The van der Waals surface area contributed by atoms with Crippen LogP contribution in [0.5, 0.6) is 0 Å². The molecule has 1 aliphatic heterocycles. The fourth-order valence-electron chi connectivity index (χ4n) is 2.92. The van der Waals surface area contributed by atoms with Crippen molar-refractivity contribution in [1.82, 2.24) is 25.3 Å². The fraction of sp³-hybridized carbons (Fsp3) is 0.556. The zero-order valence-electron chi connectivity index (χ0n) is 15.5. The van der Waals surface area contributed by atoms with E-state index in [9.17, 15) is 9.59 Å². The van der Waals surface area contributed by atoms with E-state index in [0.29, 0.717) is 63.8 Å². The number of aryl methyl sites for hydroxylation is 1.